The van der Waals surface area contributed by atoms with Crippen molar-refractivity contribution in [1.29, 1.82) is 0 Å². The number of piperazine rings is 1. The van der Waals surface area contributed by atoms with Crippen LogP contribution in [0.25, 0.3) is 0 Å². The molecule has 1 aromatic rings. The van der Waals surface area contributed by atoms with Crippen molar-refractivity contribution in [2.24, 2.45) is 17.3 Å². The molecule has 164 valence electrons. The number of rotatable bonds is 5. The van der Waals surface area contributed by atoms with Gasteiger partial charge in [0, 0.05) is 6.42 Å². The van der Waals surface area contributed by atoms with Gasteiger partial charge in [0.25, 0.3) is 0 Å². The fourth-order valence-electron chi connectivity index (χ4n) is 7.45. The lowest BCUT2D eigenvalue weighted by Gasteiger charge is -2.60. The van der Waals surface area contributed by atoms with Gasteiger partial charge in [0.2, 0.25) is 5.91 Å². The Kier molecular flexibility index (Phi) is 5.05. The molecule has 1 aliphatic heterocycles. The van der Waals surface area contributed by atoms with E-state index in [1.807, 2.05) is 4.90 Å². The lowest BCUT2D eigenvalue weighted by molar-refractivity contribution is -0.917. The molecule has 6 rings (SSSR count). The van der Waals surface area contributed by atoms with Crippen molar-refractivity contribution in [3.8, 4) is 5.75 Å². The van der Waals surface area contributed by atoms with E-state index in [1.165, 1.54) is 17.4 Å². The third-order valence-corrected chi connectivity index (χ3v) is 8.18. The van der Waals surface area contributed by atoms with Gasteiger partial charge in [-0.05, 0) is 74.0 Å². The predicted molar refractivity (Wildman–Crippen MR) is 111 cm³/mol. The lowest BCUT2D eigenvalue weighted by atomic mass is 9.47. The van der Waals surface area contributed by atoms with Crippen LogP contribution >= 0.6 is 0 Å². The van der Waals surface area contributed by atoms with Gasteiger partial charge < -0.3 is 19.6 Å². The number of quaternary nitrogens is 1. The molecule has 1 heterocycles. The van der Waals surface area contributed by atoms with Gasteiger partial charge in [0.05, 0.1) is 44.5 Å². The Morgan fingerprint density at radius 3 is 2.57 bits per heavy atom. The quantitative estimate of drug-likeness (QED) is 0.768. The first kappa shape index (κ1) is 20.3. The minimum atomic E-state index is -0.503. The third-order valence-electron chi connectivity index (χ3n) is 8.18. The summed E-state index contributed by atoms with van der Waals surface area (Å²) in [7, 11) is 1.61. The molecule has 0 spiro atoms. The van der Waals surface area contributed by atoms with Crippen LogP contribution in [0.3, 0.4) is 0 Å². The lowest BCUT2D eigenvalue weighted by Crippen LogP contribution is -3.13. The molecule has 5 aliphatic rings. The first-order valence-corrected chi connectivity index (χ1v) is 11.5. The zero-order valence-electron chi connectivity index (χ0n) is 18.0. The minimum absolute atomic E-state index is 0.0365. The summed E-state index contributed by atoms with van der Waals surface area (Å²) >= 11 is 0. The molecule has 30 heavy (non-hydrogen) atoms. The highest BCUT2D eigenvalue weighted by Gasteiger charge is 2.57. The average Bonchev–Trinajstić information content (AvgIpc) is 2.66. The molecule has 1 aromatic carbocycles. The van der Waals surface area contributed by atoms with Gasteiger partial charge in [0.1, 0.15) is 18.1 Å². The Bertz CT molecular complexity index is 807. The second-order valence-corrected chi connectivity index (χ2v) is 10.6. The summed E-state index contributed by atoms with van der Waals surface area (Å²) in [6.07, 6.45) is 6.84. The Morgan fingerprint density at radius 1 is 1.23 bits per heavy atom. The van der Waals surface area contributed by atoms with Crippen molar-refractivity contribution in [3.63, 3.8) is 0 Å². The number of benzene rings is 1. The number of halogens is 1. The SMILES string of the molecule is COc1ccc(F)cc1C[NH+]1CCN(C(=O)CC23C[C@@H]4C[C@@H](CC(O)(C4)C2)C3)CC1. The molecule has 1 saturated heterocycles. The van der Waals surface area contributed by atoms with E-state index in [-0.39, 0.29) is 17.1 Å². The van der Waals surface area contributed by atoms with Gasteiger partial charge in [0.15, 0.2) is 0 Å². The third kappa shape index (κ3) is 3.84. The number of carbonyl (C=O) groups excluding carboxylic acids is 1. The van der Waals surface area contributed by atoms with Crippen LogP contribution in [0.1, 0.15) is 50.5 Å². The van der Waals surface area contributed by atoms with Crippen LogP contribution in [0.2, 0.25) is 0 Å². The molecule has 0 radical (unpaired) electrons. The molecular weight excluding hydrogens is 383 g/mol. The molecule has 1 amide bonds. The second kappa shape index (κ2) is 7.49. The Balaban J connectivity index is 1.17. The first-order valence-electron chi connectivity index (χ1n) is 11.5. The van der Waals surface area contributed by atoms with Gasteiger partial charge >= 0.3 is 0 Å². The van der Waals surface area contributed by atoms with E-state index in [0.717, 1.165) is 69.6 Å². The summed E-state index contributed by atoms with van der Waals surface area (Å²) in [5.41, 5.74) is 0.417. The number of hydrogen-bond acceptors (Lipinski definition) is 3. The molecule has 4 bridgehead atoms. The number of ether oxygens (including phenoxy) is 1. The van der Waals surface area contributed by atoms with Crippen LogP contribution in [0.5, 0.6) is 5.75 Å². The highest BCUT2D eigenvalue weighted by molar-refractivity contribution is 5.77. The minimum Gasteiger partial charge on any atom is -0.496 e. The molecule has 6 heteroatoms. The van der Waals surface area contributed by atoms with Gasteiger partial charge in [-0.15, -0.1) is 0 Å². The van der Waals surface area contributed by atoms with Gasteiger partial charge in [-0.3, -0.25) is 4.79 Å². The Hall–Kier alpha value is -1.66. The molecule has 2 N–H and O–H groups in total. The smallest absolute Gasteiger partial charge is 0.223 e. The number of hydrogen-bond donors (Lipinski definition) is 2. The van der Waals surface area contributed by atoms with E-state index < -0.39 is 5.60 Å². The molecule has 4 saturated carbocycles. The van der Waals surface area contributed by atoms with Gasteiger partial charge in [-0.25, -0.2) is 4.39 Å². The maximum Gasteiger partial charge on any atom is 0.223 e. The molecule has 5 fully saturated rings. The normalized spacial score (nSPS) is 35.6. The van der Waals surface area contributed by atoms with Crippen molar-refractivity contribution in [3.05, 3.63) is 29.6 Å². The topological polar surface area (TPSA) is 54.2 Å². The van der Waals surface area contributed by atoms with E-state index in [9.17, 15) is 14.3 Å². The van der Waals surface area contributed by atoms with Crippen molar-refractivity contribution in [1.82, 2.24) is 4.90 Å². The van der Waals surface area contributed by atoms with Gasteiger partial charge in [-0.2, -0.15) is 0 Å². The van der Waals surface area contributed by atoms with Crippen molar-refractivity contribution >= 4 is 5.91 Å². The van der Waals surface area contributed by atoms with Crippen molar-refractivity contribution in [2.45, 2.75) is 57.1 Å². The average molecular weight is 418 g/mol. The number of amides is 1. The zero-order chi connectivity index (χ0) is 20.9. The molecule has 5 nitrogen and oxygen atoms in total. The molecule has 2 unspecified atom stereocenters. The van der Waals surface area contributed by atoms with Crippen molar-refractivity contribution in [2.75, 3.05) is 33.3 Å². The van der Waals surface area contributed by atoms with Crippen LogP contribution in [0.4, 0.5) is 4.39 Å². The zero-order valence-corrected chi connectivity index (χ0v) is 18.0. The number of carbonyl (C=O) groups is 1. The van der Waals surface area contributed by atoms with Crippen LogP contribution in [-0.4, -0.2) is 54.8 Å². The van der Waals surface area contributed by atoms with Crippen LogP contribution in [0, 0.1) is 23.1 Å². The summed E-state index contributed by atoms with van der Waals surface area (Å²) in [6, 6.07) is 4.67. The number of methoxy groups -OCH3 is 1. The maximum absolute atomic E-state index is 13.7. The summed E-state index contributed by atoms with van der Waals surface area (Å²) in [6.45, 7) is 3.95. The number of aliphatic hydroxyl groups is 1. The molecule has 4 atom stereocenters. The van der Waals surface area contributed by atoms with E-state index >= 15 is 0 Å². The standard InChI is InChI=1S/C24H33FN2O3/c1-30-21-3-2-20(25)9-19(21)15-26-4-6-27(7-5-26)22(28)14-23-10-17-8-18(11-23)13-24(29,12-17)16-23/h2-3,9,17-18,29H,4-8,10-16H2,1H3/p+1/t17-,18+,23?,24?. The van der Waals surface area contributed by atoms with E-state index in [1.54, 1.807) is 19.2 Å². The predicted octanol–water partition coefficient (Wildman–Crippen LogP) is 1.78. The number of nitrogens with zero attached hydrogens (tertiary/aromatic N) is 1. The second-order valence-electron chi connectivity index (χ2n) is 10.6. The summed E-state index contributed by atoms with van der Waals surface area (Å²) in [4.78, 5) is 16.5. The summed E-state index contributed by atoms with van der Waals surface area (Å²) in [5, 5.41) is 11.0. The van der Waals surface area contributed by atoms with Gasteiger partial charge in [-0.1, -0.05) is 0 Å². The van der Waals surface area contributed by atoms with E-state index in [4.69, 9.17) is 4.74 Å². The Morgan fingerprint density at radius 2 is 1.93 bits per heavy atom. The Labute approximate surface area is 178 Å². The maximum atomic E-state index is 13.7. The van der Waals surface area contributed by atoms with Crippen LogP contribution in [-0.2, 0) is 11.3 Å². The van der Waals surface area contributed by atoms with Crippen LogP contribution < -0.4 is 9.64 Å². The number of nitrogens with one attached hydrogen (secondary N) is 1. The van der Waals surface area contributed by atoms with Crippen molar-refractivity contribution < 1.29 is 23.9 Å². The molecule has 4 aliphatic carbocycles. The molecular formula is C24H34FN2O3+. The highest BCUT2D eigenvalue weighted by Crippen LogP contribution is 2.62. The fourth-order valence-corrected chi connectivity index (χ4v) is 7.45. The van der Waals surface area contributed by atoms with E-state index in [0.29, 0.717) is 24.8 Å². The van der Waals surface area contributed by atoms with E-state index in [2.05, 4.69) is 0 Å². The largest absolute Gasteiger partial charge is 0.496 e. The first-order chi connectivity index (χ1) is 14.4. The monoisotopic (exact) mass is 417 g/mol. The summed E-state index contributed by atoms with van der Waals surface area (Å²) < 4.78 is 19.0. The molecule has 0 aromatic heterocycles. The summed E-state index contributed by atoms with van der Waals surface area (Å²) in [5.74, 6) is 1.99. The fraction of sp³-hybridized carbons (Fsp3) is 0.708. The highest BCUT2D eigenvalue weighted by atomic mass is 19.1. The van der Waals surface area contributed by atoms with Crippen LogP contribution in [0.15, 0.2) is 18.2 Å².